The maximum Gasteiger partial charge on any atom is 0.313 e. The topological polar surface area (TPSA) is 68.0 Å². The molecule has 2 aromatic rings. The highest BCUT2D eigenvalue weighted by Crippen LogP contribution is 2.29. The molecule has 5 nitrogen and oxygen atoms in total. The molecular formula is C11H9BrFN3O2S. The van der Waals surface area contributed by atoms with Gasteiger partial charge in [0.05, 0.1) is 5.75 Å². The quantitative estimate of drug-likeness (QED) is 0.862. The molecule has 8 heteroatoms. The van der Waals surface area contributed by atoms with E-state index in [1.165, 1.54) is 12.1 Å². The molecule has 0 saturated carbocycles. The molecule has 0 unspecified atom stereocenters. The second-order valence-electron chi connectivity index (χ2n) is 3.67. The maximum absolute atomic E-state index is 13.0. The van der Waals surface area contributed by atoms with Crippen LogP contribution in [0.15, 0.2) is 27.8 Å². The molecule has 0 aliphatic carbocycles. The van der Waals surface area contributed by atoms with Crippen LogP contribution < -0.4 is 0 Å². The van der Waals surface area contributed by atoms with Gasteiger partial charge in [0, 0.05) is 17.1 Å². The molecule has 0 aliphatic heterocycles. The Morgan fingerprint density at radius 2 is 2.26 bits per heavy atom. The van der Waals surface area contributed by atoms with E-state index in [0.717, 1.165) is 11.8 Å². The van der Waals surface area contributed by atoms with Crippen molar-refractivity contribution in [1.82, 2.24) is 14.8 Å². The van der Waals surface area contributed by atoms with E-state index >= 15 is 0 Å². The molecular weight excluding hydrogens is 337 g/mol. The molecule has 0 amide bonds. The lowest BCUT2D eigenvalue weighted by atomic mass is 10.2. The van der Waals surface area contributed by atoms with Gasteiger partial charge in [0.15, 0.2) is 11.0 Å². The summed E-state index contributed by atoms with van der Waals surface area (Å²) < 4.78 is 15.3. The highest BCUT2D eigenvalue weighted by molar-refractivity contribution is 9.10. The third-order valence-electron chi connectivity index (χ3n) is 2.33. The monoisotopic (exact) mass is 345 g/mol. The van der Waals surface area contributed by atoms with Crippen molar-refractivity contribution in [2.75, 3.05) is 5.75 Å². The van der Waals surface area contributed by atoms with Crippen LogP contribution in [-0.2, 0) is 11.8 Å². The standard InChI is InChI=1S/C11H9BrFN3O2S/c1-16-10(7-3-2-6(13)4-8(7)12)14-15-11(16)19-5-9(17)18/h2-4H,5H2,1H3,(H,17,18). The van der Waals surface area contributed by atoms with Crippen molar-refractivity contribution in [3.63, 3.8) is 0 Å². The van der Waals surface area contributed by atoms with Crippen molar-refractivity contribution in [3.05, 3.63) is 28.5 Å². The number of aromatic nitrogens is 3. The van der Waals surface area contributed by atoms with Crippen LogP contribution in [0.2, 0.25) is 0 Å². The molecule has 0 spiro atoms. The zero-order valence-electron chi connectivity index (χ0n) is 9.80. The Hall–Kier alpha value is -1.41. The van der Waals surface area contributed by atoms with Crippen molar-refractivity contribution in [1.29, 1.82) is 0 Å². The zero-order chi connectivity index (χ0) is 14.0. The van der Waals surface area contributed by atoms with E-state index in [0.29, 0.717) is 21.0 Å². The lowest BCUT2D eigenvalue weighted by Crippen LogP contribution is -2.01. The predicted molar refractivity (Wildman–Crippen MR) is 72.5 cm³/mol. The zero-order valence-corrected chi connectivity index (χ0v) is 12.2. The summed E-state index contributed by atoms with van der Waals surface area (Å²) >= 11 is 4.35. The first-order valence-electron chi connectivity index (χ1n) is 5.18. The Morgan fingerprint density at radius 3 is 2.89 bits per heavy atom. The lowest BCUT2D eigenvalue weighted by Gasteiger charge is -2.05. The number of rotatable bonds is 4. The molecule has 1 aromatic heterocycles. The Bertz CT molecular complexity index is 632. The summed E-state index contributed by atoms with van der Waals surface area (Å²) in [5.41, 5.74) is 0.693. The van der Waals surface area contributed by atoms with Crippen LogP contribution >= 0.6 is 27.7 Å². The van der Waals surface area contributed by atoms with Crippen LogP contribution in [0.25, 0.3) is 11.4 Å². The fraction of sp³-hybridized carbons (Fsp3) is 0.182. The van der Waals surface area contributed by atoms with Gasteiger partial charge in [-0.05, 0) is 34.1 Å². The first kappa shape index (κ1) is 14.0. The van der Waals surface area contributed by atoms with Gasteiger partial charge < -0.3 is 9.67 Å². The van der Waals surface area contributed by atoms with Gasteiger partial charge in [-0.25, -0.2) is 4.39 Å². The second kappa shape index (κ2) is 5.70. The Kier molecular flexibility index (Phi) is 4.20. The minimum atomic E-state index is -0.919. The fourth-order valence-corrected chi connectivity index (χ4v) is 2.63. The Labute approximate surface area is 121 Å². The molecule has 0 aliphatic rings. The normalized spacial score (nSPS) is 10.7. The van der Waals surface area contributed by atoms with E-state index in [2.05, 4.69) is 26.1 Å². The number of benzene rings is 1. The van der Waals surface area contributed by atoms with E-state index in [4.69, 9.17) is 5.11 Å². The molecule has 2 rings (SSSR count). The van der Waals surface area contributed by atoms with Crippen molar-refractivity contribution < 1.29 is 14.3 Å². The number of hydrogen-bond donors (Lipinski definition) is 1. The summed E-state index contributed by atoms with van der Waals surface area (Å²) in [5.74, 6) is -0.813. The predicted octanol–water partition coefficient (Wildman–Crippen LogP) is 2.56. The highest BCUT2D eigenvalue weighted by Gasteiger charge is 2.14. The minimum Gasteiger partial charge on any atom is -0.481 e. The van der Waals surface area contributed by atoms with Crippen LogP contribution in [0.4, 0.5) is 4.39 Å². The minimum absolute atomic E-state index is 0.0867. The molecule has 0 saturated heterocycles. The first-order chi connectivity index (χ1) is 8.99. The van der Waals surface area contributed by atoms with Gasteiger partial charge in [0.2, 0.25) is 0 Å². The second-order valence-corrected chi connectivity index (χ2v) is 5.47. The summed E-state index contributed by atoms with van der Waals surface area (Å²) in [5, 5.41) is 17.1. The fourth-order valence-electron chi connectivity index (χ4n) is 1.47. The third kappa shape index (κ3) is 3.13. The largest absolute Gasteiger partial charge is 0.481 e. The van der Waals surface area contributed by atoms with Crippen LogP contribution in [-0.4, -0.2) is 31.6 Å². The number of thioether (sulfide) groups is 1. The number of halogens is 2. The van der Waals surface area contributed by atoms with Gasteiger partial charge in [-0.15, -0.1) is 10.2 Å². The molecule has 0 atom stereocenters. The van der Waals surface area contributed by atoms with Gasteiger partial charge in [-0.1, -0.05) is 11.8 Å². The summed E-state index contributed by atoms with van der Waals surface area (Å²) in [4.78, 5) is 10.5. The smallest absolute Gasteiger partial charge is 0.313 e. The van der Waals surface area contributed by atoms with E-state index < -0.39 is 5.97 Å². The van der Waals surface area contributed by atoms with E-state index in [9.17, 15) is 9.18 Å². The lowest BCUT2D eigenvalue weighted by molar-refractivity contribution is -0.133. The number of carboxylic acids is 1. The van der Waals surface area contributed by atoms with Gasteiger partial charge >= 0.3 is 5.97 Å². The summed E-state index contributed by atoms with van der Waals surface area (Å²) in [6, 6.07) is 4.27. The molecule has 1 aromatic carbocycles. The van der Waals surface area contributed by atoms with Crippen molar-refractivity contribution in [3.8, 4) is 11.4 Å². The van der Waals surface area contributed by atoms with Gasteiger partial charge in [-0.3, -0.25) is 4.79 Å². The molecule has 100 valence electrons. The van der Waals surface area contributed by atoms with Crippen LogP contribution in [0.3, 0.4) is 0 Å². The number of carboxylic acid groups (broad SMARTS) is 1. The van der Waals surface area contributed by atoms with Crippen LogP contribution in [0, 0.1) is 5.82 Å². The highest BCUT2D eigenvalue weighted by atomic mass is 79.9. The number of hydrogen-bond acceptors (Lipinski definition) is 4. The first-order valence-corrected chi connectivity index (χ1v) is 6.96. The van der Waals surface area contributed by atoms with Crippen molar-refractivity contribution in [2.45, 2.75) is 5.16 Å². The Morgan fingerprint density at radius 1 is 1.53 bits per heavy atom. The van der Waals surface area contributed by atoms with Crippen LogP contribution in [0.1, 0.15) is 0 Å². The summed E-state index contributed by atoms with van der Waals surface area (Å²) in [6.45, 7) is 0. The van der Waals surface area contributed by atoms with Gasteiger partial charge in [0.25, 0.3) is 0 Å². The molecule has 1 heterocycles. The third-order valence-corrected chi connectivity index (χ3v) is 3.99. The molecule has 0 radical (unpaired) electrons. The maximum atomic E-state index is 13.0. The van der Waals surface area contributed by atoms with Crippen molar-refractivity contribution in [2.24, 2.45) is 7.05 Å². The number of aliphatic carboxylic acids is 1. The average Bonchev–Trinajstić information content (AvgIpc) is 2.68. The van der Waals surface area contributed by atoms with Gasteiger partial charge in [-0.2, -0.15) is 0 Å². The number of nitrogens with zero attached hydrogens (tertiary/aromatic N) is 3. The SMILES string of the molecule is Cn1c(SCC(=O)O)nnc1-c1ccc(F)cc1Br. The average molecular weight is 346 g/mol. The summed E-state index contributed by atoms with van der Waals surface area (Å²) in [6.07, 6.45) is 0. The molecule has 0 bridgehead atoms. The van der Waals surface area contributed by atoms with E-state index in [1.807, 2.05) is 0 Å². The molecule has 1 N–H and O–H groups in total. The molecule has 19 heavy (non-hydrogen) atoms. The molecule has 0 fully saturated rings. The van der Waals surface area contributed by atoms with Crippen LogP contribution in [0.5, 0.6) is 0 Å². The number of carbonyl (C=O) groups is 1. The van der Waals surface area contributed by atoms with Gasteiger partial charge in [0.1, 0.15) is 5.82 Å². The Balaban J connectivity index is 2.33. The van der Waals surface area contributed by atoms with Crippen molar-refractivity contribution >= 4 is 33.7 Å². The van der Waals surface area contributed by atoms with E-state index in [-0.39, 0.29) is 11.6 Å². The summed E-state index contributed by atoms with van der Waals surface area (Å²) in [7, 11) is 1.73. The van der Waals surface area contributed by atoms with E-state index in [1.54, 1.807) is 17.7 Å².